The summed E-state index contributed by atoms with van der Waals surface area (Å²) < 4.78 is 13.1. The molecule has 0 saturated carbocycles. The smallest absolute Gasteiger partial charge is 0.141 e. The number of nitrogens with zero attached hydrogens (tertiary/aromatic N) is 3. The van der Waals surface area contributed by atoms with Crippen LogP contribution >= 0.6 is 0 Å². The number of hydrogen-bond donors (Lipinski definition) is 1. The molecule has 0 bridgehead atoms. The largest absolute Gasteiger partial charge is 0.506 e. The summed E-state index contributed by atoms with van der Waals surface area (Å²) in [6.45, 7) is 4.80. The van der Waals surface area contributed by atoms with Gasteiger partial charge in [-0.3, -0.25) is 9.88 Å². The predicted molar refractivity (Wildman–Crippen MR) is 89.3 cm³/mol. The lowest BCUT2D eigenvalue weighted by molar-refractivity contribution is 0.254. The molecule has 1 N–H and O–H groups in total. The van der Waals surface area contributed by atoms with Gasteiger partial charge in [0.25, 0.3) is 0 Å². The molecule has 1 aromatic carbocycles. The molecule has 5 heteroatoms. The van der Waals surface area contributed by atoms with Crippen molar-refractivity contribution in [2.24, 2.45) is 0 Å². The number of para-hydroxylation sites is 2. The van der Waals surface area contributed by atoms with E-state index in [1.54, 1.807) is 18.3 Å². The highest BCUT2D eigenvalue weighted by atomic mass is 19.1. The molecule has 122 valence electrons. The van der Waals surface area contributed by atoms with Crippen LogP contribution in [0.5, 0.6) is 5.75 Å². The summed E-state index contributed by atoms with van der Waals surface area (Å²) in [7, 11) is 0. The fourth-order valence-corrected chi connectivity index (χ4v) is 3.04. The van der Waals surface area contributed by atoms with Gasteiger partial charge >= 0.3 is 0 Å². The number of hydrogen-bond acceptors (Lipinski definition) is 4. The number of halogens is 1. The second-order valence-electron chi connectivity index (χ2n) is 5.93. The maximum Gasteiger partial charge on any atom is 0.141 e. The lowest BCUT2D eigenvalue weighted by atomic mass is 10.1. The molecular formula is C18H22FN3O. The summed E-state index contributed by atoms with van der Waals surface area (Å²) in [4.78, 5) is 8.53. The van der Waals surface area contributed by atoms with E-state index in [0.717, 1.165) is 56.8 Å². The Morgan fingerprint density at radius 2 is 1.87 bits per heavy atom. The van der Waals surface area contributed by atoms with Crippen molar-refractivity contribution in [1.29, 1.82) is 0 Å². The monoisotopic (exact) mass is 315 g/mol. The van der Waals surface area contributed by atoms with E-state index in [1.165, 1.54) is 6.20 Å². The Morgan fingerprint density at radius 1 is 1.09 bits per heavy atom. The maximum atomic E-state index is 13.1. The molecule has 4 nitrogen and oxygen atoms in total. The van der Waals surface area contributed by atoms with Crippen LogP contribution in [-0.4, -0.2) is 47.7 Å². The van der Waals surface area contributed by atoms with Crippen molar-refractivity contribution < 1.29 is 9.50 Å². The van der Waals surface area contributed by atoms with E-state index >= 15 is 0 Å². The summed E-state index contributed by atoms with van der Waals surface area (Å²) in [5.41, 5.74) is 1.87. The fraction of sp³-hybridized carbons (Fsp3) is 0.389. The number of aromatic hydroxyl groups is 1. The van der Waals surface area contributed by atoms with Crippen molar-refractivity contribution in [1.82, 2.24) is 9.88 Å². The molecule has 0 aliphatic carbocycles. The Labute approximate surface area is 136 Å². The zero-order chi connectivity index (χ0) is 16.1. The van der Waals surface area contributed by atoms with Gasteiger partial charge in [0, 0.05) is 32.4 Å². The molecule has 0 amide bonds. The van der Waals surface area contributed by atoms with E-state index in [9.17, 15) is 9.50 Å². The van der Waals surface area contributed by atoms with E-state index in [2.05, 4.69) is 14.8 Å². The zero-order valence-electron chi connectivity index (χ0n) is 13.2. The number of piperazine rings is 1. The van der Waals surface area contributed by atoms with E-state index in [-0.39, 0.29) is 5.82 Å². The fourth-order valence-electron chi connectivity index (χ4n) is 3.04. The van der Waals surface area contributed by atoms with Crippen LogP contribution in [0.25, 0.3) is 0 Å². The highest BCUT2D eigenvalue weighted by Gasteiger charge is 2.18. The lowest BCUT2D eigenvalue weighted by Crippen LogP contribution is -2.46. The molecule has 1 aliphatic heterocycles. The highest BCUT2D eigenvalue weighted by molar-refractivity contribution is 5.57. The first-order valence-corrected chi connectivity index (χ1v) is 8.07. The van der Waals surface area contributed by atoms with Crippen LogP contribution in [0.15, 0.2) is 42.7 Å². The van der Waals surface area contributed by atoms with Gasteiger partial charge in [-0.25, -0.2) is 4.39 Å². The number of pyridine rings is 1. The Kier molecular flexibility index (Phi) is 5.08. The molecule has 1 fully saturated rings. The Bertz CT molecular complexity index is 642. The van der Waals surface area contributed by atoms with Crippen LogP contribution in [0.1, 0.15) is 12.0 Å². The zero-order valence-corrected chi connectivity index (χ0v) is 13.2. The standard InChI is InChI=1S/C18H22FN3O/c19-16-12-15(13-20-14-16)4-3-7-21-8-10-22(11-9-21)17-5-1-2-6-18(17)23/h1-2,5-6,12-14,23H,3-4,7-11H2. The van der Waals surface area contributed by atoms with Gasteiger partial charge in [0.15, 0.2) is 0 Å². The number of anilines is 1. The lowest BCUT2D eigenvalue weighted by Gasteiger charge is -2.36. The third kappa shape index (κ3) is 4.20. The predicted octanol–water partition coefficient (Wildman–Crippen LogP) is 2.68. The molecule has 1 aromatic heterocycles. The number of benzene rings is 1. The van der Waals surface area contributed by atoms with Crippen LogP contribution in [0.4, 0.5) is 10.1 Å². The number of phenolic OH excluding ortho intramolecular Hbond substituents is 1. The molecule has 0 spiro atoms. The second-order valence-corrected chi connectivity index (χ2v) is 5.93. The summed E-state index contributed by atoms with van der Waals surface area (Å²) in [5.74, 6) is 0.0818. The SMILES string of the molecule is Oc1ccccc1N1CCN(CCCc2cncc(F)c2)CC1. The Balaban J connectivity index is 1.44. The molecule has 0 radical (unpaired) electrons. The van der Waals surface area contributed by atoms with E-state index < -0.39 is 0 Å². The second kappa shape index (κ2) is 7.42. The summed E-state index contributed by atoms with van der Waals surface area (Å²) >= 11 is 0. The van der Waals surface area contributed by atoms with Gasteiger partial charge < -0.3 is 10.0 Å². The number of aromatic nitrogens is 1. The summed E-state index contributed by atoms with van der Waals surface area (Å²) in [6.07, 6.45) is 4.83. The summed E-state index contributed by atoms with van der Waals surface area (Å²) in [5, 5.41) is 9.93. The minimum absolute atomic E-state index is 0.265. The van der Waals surface area contributed by atoms with Crippen LogP contribution in [0.3, 0.4) is 0 Å². The van der Waals surface area contributed by atoms with Crippen molar-refractivity contribution >= 4 is 5.69 Å². The third-order valence-corrected chi connectivity index (χ3v) is 4.30. The molecule has 23 heavy (non-hydrogen) atoms. The van der Waals surface area contributed by atoms with Crippen molar-refractivity contribution in [3.63, 3.8) is 0 Å². The molecule has 1 saturated heterocycles. The first-order valence-electron chi connectivity index (χ1n) is 8.07. The molecule has 2 aromatic rings. The van der Waals surface area contributed by atoms with E-state index in [4.69, 9.17) is 0 Å². The van der Waals surface area contributed by atoms with Crippen molar-refractivity contribution in [2.75, 3.05) is 37.6 Å². The molecule has 0 unspecified atom stereocenters. The van der Waals surface area contributed by atoms with Crippen molar-refractivity contribution in [3.05, 3.63) is 54.1 Å². The van der Waals surface area contributed by atoms with Crippen LogP contribution in [-0.2, 0) is 6.42 Å². The van der Waals surface area contributed by atoms with Crippen LogP contribution in [0, 0.1) is 5.82 Å². The van der Waals surface area contributed by atoms with Gasteiger partial charge in [0.2, 0.25) is 0 Å². The first-order chi connectivity index (χ1) is 11.2. The number of phenols is 1. The average molecular weight is 315 g/mol. The van der Waals surface area contributed by atoms with Gasteiger partial charge in [0.1, 0.15) is 11.6 Å². The molecule has 0 atom stereocenters. The van der Waals surface area contributed by atoms with E-state index in [0.29, 0.717) is 5.75 Å². The summed E-state index contributed by atoms with van der Waals surface area (Å²) in [6, 6.07) is 9.05. The molecule has 3 rings (SSSR count). The maximum absolute atomic E-state index is 13.1. The number of rotatable bonds is 5. The third-order valence-electron chi connectivity index (χ3n) is 4.30. The Morgan fingerprint density at radius 3 is 2.61 bits per heavy atom. The minimum atomic E-state index is -0.265. The number of aryl methyl sites for hydroxylation is 1. The van der Waals surface area contributed by atoms with Gasteiger partial charge in [-0.1, -0.05) is 12.1 Å². The highest BCUT2D eigenvalue weighted by Crippen LogP contribution is 2.27. The molecule has 2 heterocycles. The quantitative estimate of drug-likeness (QED) is 0.921. The van der Waals surface area contributed by atoms with Crippen molar-refractivity contribution in [3.8, 4) is 5.75 Å². The molecular weight excluding hydrogens is 293 g/mol. The van der Waals surface area contributed by atoms with Crippen LogP contribution < -0.4 is 4.90 Å². The normalized spacial score (nSPS) is 15.8. The van der Waals surface area contributed by atoms with E-state index in [1.807, 2.05) is 18.2 Å². The van der Waals surface area contributed by atoms with Crippen molar-refractivity contribution in [2.45, 2.75) is 12.8 Å². The molecule has 1 aliphatic rings. The topological polar surface area (TPSA) is 39.6 Å². The van der Waals surface area contributed by atoms with Gasteiger partial charge in [-0.15, -0.1) is 0 Å². The minimum Gasteiger partial charge on any atom is -0.506 e. The Hall–Kier alpha value is -2.14. The van der Waals surface area contributed by atoms with Gasteiger partial charge in [-0.2, -0.15) is 0 Å². The van der Waals surface area contributed by atoms with Crippen LogP contribution in [0.2, 0.25) is 0 Å². The van der Waals surface area contributed by atoms with Gasteiger partial charge in [0.05, 0.1) is 11.9 Å². The van der Waals surface area contributed by atoms with Gasteiger partial charge in [-0.05, 0) is 43.1 Å². The average Bonchev–Trinajstić information content (AvgIpc) is 2.56. The first kappa shape index (κ1) is 15.7.